The van der Waals surface area contributed by atoms with E-state index in [0.29, 0.717) is 28.6 Å². The molecule has 6 heteroatoms. The fourth-order valence-corrected chi connectivity index (χ4v) is 3.23. The summed E-state index contributed by atoms with van der Waals surface area (Å²) in [5.41, 5.74) is 0.341. The van der Waals surface area contributed by atoms with Crippen LogP contribution in [0, 0.1) is 0 Å². The van der Waals surface area contributed by atoms with Gasteiger partial charge >= 0.3 is 0 Å². The van der Waals surface area contributed by atoms with Gasteiger partial charge in [-0.15, -0.1) is 0 Å². The van der Waals surface area contributed by atoms with Crippen molar-refractivity contribution in [2.75, 3.05) is 27.9 Å². The highest BCUT2D eigenvalue weighted by molar-refractivity contribution is 6.08. The molecule has 0 aromatic heterocycles. The van der Waals surface area contributed by atoms with Gasteiger partial charge < -0.3 is 23.7 Å². The Labute approximate surface area is 145 Å². The Morgan fingerprint density at radius 3 is 2.52 bits per heavy atom. The van der Waals surface area contributed by atoms with Crippen molar-refractivity contribution >= 4 is 5.78 Å². The normalized spacial score (nSPS) is 23.6. The highest BCUT2D eigenvalue weighted by atomic mass is 16.6. The van der Waals surface area contributed by atoms with Crippen molar-refractivity contribution in [2.24, 2.45) is 0 Å². The topological polar surface area (TPSA) is 66.5 Å². The maximum Gasteiger partial charge on any atom is 0.205 e. The summed E-state index contributed by atoms with van der Waals surface area (Å²) in [6.07, 6.45) is -0.376. The van der Waals surface area contributed by atoms with Crippen molar-refractivity contribution in [1.29, 1.82) is 0 Å². The van der Waals surface area contributed by atoms with E-state index in [4.69, 9.17) is 23.7 Å². The fraction of sp³-hybridized carbons (Fsp3) is 0.316. The highest BCUT2D eigenvalue weighted by Crippen LogP contribution is 2.55. The summed E-state index contributed by atoms with van der Waals surface area (Å²) in [4.78, 5) is 13.0. The Kier molecular flexibility index (Phi) is 3.58. The molecule has 2 heterocycles. The van der Waals surface area contributed by atoms with E-state index in [1.54, 1.807) is 45.6 Å². The van der Waals surface area contributed by atoms with Crippen molar-refractivity contribution in [3.05, 3.63) is 47.5 Å². The molecule has 2 aliphatic rings. The molecule has 6 nitrogen and oxygen atoms in total. The van der Waals surface area contributed by atoms with Gasteiger partial charge in [-0.2, -0.15) is 0 Å². The summed E-state index contributed by atoms with van der Waals surface area (Å²) in [7, 11) is 4.71. The number of hydrogen-bond donors (Lipinski definition) is 0. The summed E-state index contributed by atoms with van der Waals surface area (Å²) in [6.45, 7) is 0.185. The van der Waals surface area contributed by atoms with Crippen LogP contribution in [0.25, 0.3) is 0 Å². The predicted molar refractivity (Wildman–Crippen MR) is 88.9 cm³/mol. The molecule has 0 bridgehead atoms. The number of hydrogen-bond acceptors (Lipinski definition) is 6. The van der Waals surface area contributed by atoms with Crippen LogP contribution in [0.1, 0.15) is 22.0 Å². The molecule has 2 atom stereocenters. The number of epoxide rings is 1. The molecule has 130 valence electrons. The molecular formula is C19H18O6. The number of ether oxygens (including phenoxy) is 5. The average molecular weight is 342 g/mol. The first kappa shape index (κ1) is 15.8. The zero-order valence-corrected chi connectivity index (χ0v) is 14.2. The first-order valence-corrected chi connectivity index (χ1v) is 7.88. The minimum Gasteiger partial charge on any atom is -0.497 e. The van der Waals surface area contributed by atoms with Crippen LogP contribution in [0.15, 0.2) is 36.4 Å². The predicted octanol–water partition coefficient (Wildman–Crippen LogP) is 2.80. The van der Waals surface area contributed by atoms with E-state index in [2.05, 4.69) is 0 Å². The van der Waals surface area contributed by atoms with Gasteiger partial charge in [0.1, 0.15) is 24.2 Å². The van der Waals surface area contributed by atoms with Crippen LogP contribution >= 0.6 is 0 Å². The smallest absolute Gasteiger partial charge is 0.205 e. The molecule has 1 saturated heterocycles. The van der Waals surface area contributed by atoms with Crippen LogP contribution in [0.3, 0.4) is 0 Å². The molecule has 2 aliphatic heterocycles. The lowest BCUT2D eigenvalue weighted by atomic mass is 9.89. The molecule has 2 aromatic carbocycles. The maximum atomic E-state index is 13.0. The molecule has 0 saturated carbocycles. The van der Waals surface area contributed by atoms with E-state index in [-0.39, 0.29) is 18.5 Å². The number of fused-ring (bicyclic) bond motifs is 1. The molecule has 0 amide bonds. The molecule has 2 unspecified atom stereocenters. The third kappa shape index (κ3) is 2.33. The lowest BCUT2D eigenvalue weighted by Crippen LogP contribution is -2.37. The molecule has 2 aromatic rings. The Morgan fingerprint density at radius 2 is 1.80 bits per heavy atom. The minimum absolute atomic E-state index is 0.0903. The van der Waals surface area contributed by atoms with E-state index < -0.39 is 5.60 Å². The van der Waals surface area contributed by atoms with E-state index in [9.17, 15) is 4.79 Å². The quantitative estimate of drug-likeness (QED) is 0.796. The van der Waals surface area contributed by atoms with Crippen molar-refractivity contribution in [1.82, 2.24) is 0 Å². The van der Waals surface area contributed by atoms with Crippen LogP contribution < -0.4 is 18.9 Å². The molecule has 0 radical (unpaired) electrons. The van der Waals surface area contributed by atoms with Crippen molar-refractivity contribution in [2.45, 2.75) is 11.7 Å². The largest absolute Gasteiger partial charge is 0.497 e. The second-order valence-electron chi connectivity index (χ2n) is 5.98. The van der Waals surface area contributed by atoms with E-state index in [1.165, 1.54) is 0 Å². The lowest BCUT2D eigenvalue weighted by molar-refractivity contribution is 0.0755. The number of ketones is 1. The van der Waals surface area contributed by atoms with Crippen LogP contribution in [-0.2, 0) is 4.74 Å². The lowest BCUT2D eigenvalue weighted by Gasteiger charge is -2.22. The molecular weight excluding hydrogens is 324 g/mol. The monoisotopic (exact) mass is 342 g/mol. The Hall–Kier alpha value is -2.73. The maximum absolute atomic E-state index is 13.0. The number of carbonyl (C=O) groups is 1. The molecule has 1 spiro atoms. The van der Waals surface area contributed by atoms with Crippen molar-refractivity contribution < 1.29 is 28.5 Å². The third-order valence-corrected chi connectivity index (χ3v) is 4.66. The SMILES string of the molecule is COc1ccc2c(c1)C(=O)C1(CO2)OC1c1ccc(OC)c(OC)c1. The van der Waals surface area contributed by atoms with Crippen LogP contribution in [0.4, 0.5) is 0 Å². The second-order valence-corrected chi connectivity index (χ2v) is 5.98. The van der Waals surface area contributed by atoms with Crippen LogP contribution in [0.2, 0.25) is 0 Å². The zero-order valence-electron chi connectivity index (χ0n) is 14.2. The Balaban J connectivity index is 1.66. The van der Waals surface area contributed by atoms with Gasteiger partial charge in [-0.05, 0) is 35.9 Å². The van der Waals surface area contributed by atoms with Crippen LogP contribution in [-0.4, -0.2) is 39.3 Å². The summed E-state index contributed by atoms with van der Waals surface area (Å²) in [6, 6.07) is 10.7. The van der Waals surface area contributed by atoms with Gasteiger partial charge in [0.15, 0.2) is 17.1 Å². The van der Waals surface area contributed by atoms with E-state index >= 15 is 0 Å². The summed E-state index contributed by atoms with van der Waals surface area (Å²) in [5, 5.41) is 0. The standard InChI is InChI=1S/C19H18O6/c1-21-12-5-7-14-13(9-12)17(20)19(10-24-14)18(25-19)11-4-6-15(22-2)16(8-11)23-3/h4-9,18H,10H2,1-3H3. The average Bonchev–Trinajstić information content (AvgIpc) is 3.39. The number of benzene rings is 2. The summed E-state index contributed by atoms with van der Waals surface area (Å²) in [5.74, 6) is 2.29. The Morgan fingerprint density at radius 1 is 1.00 bits per heavy atom. The molecule has 4 rings (SSSR count). The molecule has 0 aliphatic carbocycles. The van der Waals surface area contributed by atoms with Gasteiger partial charge in [0.2, 0.25) is 5.78 Å². The summed E-state index contributed by atoms with van der Waals surface area (Å²) < 4.78 is 27.4. The van der Waals surface area contributed by atoms with Gasteiger partial charge in [-0.3, -0.25) is 4.79 Å². The first-order chi connectivity index (χ1) is 12.1. The number of rotatable bonds is 4. The van der Waals surface area contributed by atoms with E-state index in [0.717, 1.165) is 5.56 Å². The molecule has 0 N–H and O–H groups in total. The fourth-order valence-electron chi connectivity index (χ4n) is 3.23. The summed E-state index contributed by atoms with van der Waals surface area (Å²) >= 11 is 0. The van der Waals surface area contributed by atoms with Crippen molar-refractivity contribution in [3.8, 4) is 23.0 Å². The van der Waals surface area contributed by atoms with Gasteiger partial charge in [0, 0.05) is 0 Å². The van der Waals surface area contributed by atoms with Gasteiger partial charge in [0.05, 0.1) is 26.9 Å². The molecule has 1 fully saturated rings. The molecule has 25 heavy (non-hydrogen) atoms. The van der Waals surface area contributed by atoms with Gasteiger partial charge in [0.25, 0.3) is 0 Å². The van der Waals surface area contributed by atoms with Gasteiger partial charge in [-0.1, -0.05) is 6.07 Å². The van der Waals surface area contributed by atoms with E-state index in [1.807, 2.05) is 12.1 Å². The number of methoxy groups -OCH3 is 3. The first-order valence-electron chi connectivity index (χ1n) is 7.88. The number of Topliss-reactive ketones (excluding diaryl/α,β-unsaturated/α-hetero) is 1. The third-order valence-electron chi connectivity index (χ3n) is 4.66. The Bertz CT molecular complexity index is 846. The van der Waals surface area contributed by atoms with Gasteiger partial charge in [-0.25, -0.2) is 0 Å². The highest BCUT2D eigenvalue weighted by Gasteiger charge is 2.65. The number of carbonyl (C=O) groups excluding carboxylic acids is 1. The van der Waals surface area contributed by atoms with Crippen LogP contribution in [0.5, 0.6) is 23.0 Å². The zero-order chi connectivity index (χ0) is 17.6. The second kappa shape index (κ2) is 5.67. The van der Waals surface area contributed by atoms with Crippen molar-refractivity contribution in [3.63, 3.8) is 0 Å². The minimum atomic E-state index is -0.987.